The molecule has 1 aromatic heterocycles. The van der Waals surface area contributed by atoms with Gasteiger partial charge >= 0.3 is 0 Å². The fraction of sp³-hybridized carbons (Fsp3) is 0. The first-order chi connectivity index (χ1) is 17.8. The summed E-state index contributed by atoms with van der Waals surface area (Å²) in [5, 5.41) is 10.6. The first-order valence-electron chi connectivity index (χ1n) is 12.5. The van der Waals surface area contributed by atoms with Crippen LogP contribution in [0.2, 0.25) is 0 Å². The van der Waals surface area contributed by atoms with E-state index in [4.69, 9.17) is 0 Å². The molecule has 8 rings (SSSR count). The van der Waals surface area contributed by atoms with Crippen LogP contribution in [0.15, 0.2) is 121 Å². The standard InChI is InChI=1S/C34H22BN/c35-30-18-13-22-11-16-27-25(15-10-21-12-17-28(30)34(22)33(21)27)23-14-19-32-29(20-23)26-8-4-5-9-31(26)36(32)24-6-2-1-3-7-24/h1-20H,35H2. The van der Waals surface area contributed by atoms with Crippen LogP contribution in [0.1, 0.15) is 0 Å². The first-order valence-corrected chi connectivity index (χ1v) is 12.5. The fourth-order valence-corrected chi connectivity index (χ4v) is 6.19. The van der Waals surface area contributed by atoms with Crippen LogP contribution < -0.4 is 5.46 Å². The van der Waals surface area contributed by atoms with E-state index in [-0.39, 0.29) is 0 Å². The molecule has 0 fully saturated rings. The maximum atomic E-state index is 2.38. The predicted molar refractivity (Wildman–Crippen MR) is 158 cm³/mol. The Kier molecular flexibility index (Phi) is 3.96. The third-order valence-corrected chi connectivity index (χ3v) is 7.88. The summed E-state index contributed by atoms with van der Waals surface area (Å²) in [6, 6.07) is 44.6. The molecule has 0 N–H and O–H groups in total. The van der Waals surface area contributed by atoms with E-state index in [9.17, 15) is 0 Å². The van der Waals surface area contributed by atoms with E-state index in [1.807, 2.05) is 0 Å². The minimum Gasteiger partial charge on any atom is -0.309 e. The molecular formula is C34H22BN. The summed E-state index contributed by atoms with van der Waals surface area (Å²) in [5.41, 5.74) is 7.54. The summed E-state index contributed by atoms with van der Waals surface area (Å²) < 4.78 is 2.38. The van der Waals surface area contributed by atoms with E-state index in [0.29, 0.717) is 0 Å². The molecule has 0 aliphatic carbocycles. The summed E-state index contributed by atoms with van der Waals surface area (Å²) in [4.78, 5) is 0. The van der Waals surface area contributed by atoms with Crippen molar-refractivity contribution in [2.24, 2.45) is 0 Å². The summed E-state index contributed by atoms with van der Waals surface area (Å²) in [5.74, 6) is 0. The van der Waals surface area contributed by atoms with Gasteiger partial charge < -0.3 is 4.57 Å². The minimum atomic E-state index is 1.19. The highest BCUT2D eigenvalue weighted by Gasteiger charge is 2.16. The lowest BCUT2D eigenvalue weighted by atomic mass is 9.84. The maximum absolute atomic E-state index is 2.38. The van der Waals surface area contributed by atoms with Crippen molar-refractivity contribution in [2.75, 3.05) is 0 Å². The largest absolute Gasteiger partial charge is 0.309 e. The number of para-hydroxylation sites is 2. The molecule has 0 spiro atoms. The summed E-state index contributed by atoms with van der Waals surface area (Å²) >= 11 is 0. The Morgan fingerprint density at radius 3 is 2.00 bits per heavy atom. The lowest BCUT2D eigenvalue weighted by Gasteiger charge is -2.15. The number of hydrogen-bond donors (Lipinski definition) is 0. The monoisotopic (exact) mass is 455 g/mol. The van der Waals surface area contributed by atoms with Crippen molar-refractivity contribution in [1.82, 2.24) is 4.57 Å². The Morgan fingerprint density at radius 2 is 1.14 bits per heavy atom. The quantitative estimate of drug-likeness (QED) is 0.187. The molecule has 7 aromatic carbocycles. The highest BCUT2D eigenvalue weighted by atomic mass is 15.0. The Hall–Kier alpha value is -4.56. The maximum Gasteiger partial charge on any atom is 0.140 e. The number of fused-ring (bicyclic) bond motifs is 3. The SMILES string of the molecule is Bc1ccc2ccc3c(-c4ccc5c(c4)c4ccccc4n5-c4ccccc4)ccc4ccc1c2c43. The molecule has 0 bridgehead atoms. The Balaban J connectivity index is 1.45. The molecule has 166 valence electrons. The van der Waals surface area contributed by atoms with Crippen molar-refractivity contribution in [3.05, 3.63) is 121 Å². The van der Waals surface area contributed by atoms with Crippen molar-refractivity contribution in [3.63, 3.8) is 0 Å². The molecule has 8 aromatic rings. The summed E-state index contributed by atoms with van der Waals surface area (Å²) in [7, 11) is 2.21. The fourth-order valence-electron chi connectivity index (χ4n) is 6.19. The Bertz CT molecular complexity index is 2100. The van der Waals surface area contributed by atoms with Crippen LogP contribution in [0.3, 0.4) is 0 Å². The van der Waals surface area contributed by atoms with E-state index in [1.165, 1.54) is 76.4 Å². The lowest BCUT2D eigenvalue weighted by Crippen LogP contribution is -2.03. The molecule has 1 nitrogen and oxygen atoms in total. The topological polar surface area (TPSA) is 4.93 Å². The normalized spacial score (nSPS) is 12.0. The van der Waals surface area contributed by atoms with Crippen LogP contribution in [0.25, 0.3) is 70.9 Å². The molecular weight excluding hydrogens is 433 g/mol. The van der Waals surface area contributed by atoms with Crippen molar-refractivity contribution >= 4 is 67.4 Å². The van der Waals surface area contributed by atoms with Crippen LogP contribution in [0.5, 0.6) is 0 Å². The number of hydrogen-bond acceptors (Lipinski definition) is 0. The highest BCUT2D eigenvalue weighted by molar-refractivity contribution is 6.42. The molecule has 36 heavy (non-hydrogen) atoms. The van der Waals surface area contributed by atoms with E-state index in [2.05, 4.69) is 134 Å². The van der Waals surface area contributed by atoms with Crippen LogP contribution in [0, 0.1) is 0 Å². The van der Waals surface area contributed by atoms with Crippen molar-refractivity contribution < 1.29 is 0 Å². The zero-order valence-electron chi connectivity index (χ0n) is 20.0. The average Bonchev–Trinajstić information content (AvgIpc) is 3.27. The summed E-state index contributed by atoms with van der Waals surface area (Å²) in [6.45, 7) is 0. The summed E-state index contributed by atoms with van der Waals surface area (Å²) in [6.07, 6.45) is 0. The smallest absolute Gasteiger partial charge is 0.140 e. The number of rotatable bonds is 2. The van der Waals surface area contributed by atoms with Crippen LogP contribution in [-0.4, -0.2) is 12.4 Å². The molecule has 0 saturated carbocycles. The average molecular weight is 455 g/mol. The molecule has 0 unspecified atom stereocenters. The molecule has 0 aliphatic rings. The van der Waals surface area contributed by atoms with Gasteiger partial charge in [0.05, 0.1) is 11.0 Å². The van der Waals surface area contributed by atoms with Crippen molar-refractivity contribution in [1.29, 1.82) is 0 Å². The number of aromatic nitrogens is 1. The lowest BCUT2D eigenvalue weighted by molar-refractivity contribution is 1.18. The van der Waals surface area contributed by atoms with E-state index in [0.717, 1.165) is 0 Å². The second kappa shape index (κ2) is 7.22. The second-order valence-corrected chi connectivity index (χ2v) is 9.84. The molecule has 0 aliphatic heterocycles. The van der Waals surface area contributed by atoms with Crippen LogP contribution >= 0.6 is 0 Å². The Morgan fingerprint density at radius 1 is 0.472 bits per heavy atom. The van der Waals surface area contributed by atoms with Gasteiger partial charge in [0.2, 0.25) is 0 Å². The van der Waals surface area contributed by atoms with E-state index >= 15 is 0 Å². The van der Waals surface area contributed by atoms with Gasteiger partial charge in [-0.1, -0.05) is 96.5 Å². The van der Waals surface area contributed by atoms with E-state index < -0.39 is 0 Å². The van der Waals surface area contributed by atoms with Gasteiger partial charge in [-0.2, -0.15) is 0 Å². The molecule has 0 radical (unpaired) electrons. The Labute approximate surface area is 210 Å². The van der Waals surface area contributed by atoms with Crippen LogP contribution in [0.4, 0.5) is 0 Å². The van der Waals surface area contributed by atoms with Gasteiger partial charge in [0.15, 0.2) is 0 Å². The molecule has 0 saturated heterocycles. The van der Waals surface area contributed by atoms with Gasteiger partial charge in [-0.15, -0.1) is 0 Å². The van der Waals surface area contributed by atoms with Gasteiger partial charge in [-0.3, -0.25) is 0 Å². The van der Waals surface area contributed by atoms with Crippen molar-refractivity contribution in [3.8, 4) is 16.8 Å². The van der Waals surface area contributed by atoms with Gasteiger partial charge in [0.1, 0.15) is 7.85 Å². The minimum absolute atomic E-state index is 1.19. The first kappa shape index (κ1) is 19.7. The van der Waals surface area contributed by atoms with Gasteiger partial charge in [-0.05, 0) is 73.8 Å². The zero-order chi connectivity index (χ0) is 23.8. The zero-order valence-corrected chi connectivity index (χ0v) is 20.0. The predicted octanol–water partition coefficient (Wildman–Crippen LogP) is 7.61. The molecule has 0 amide bonds. The third kappa shape index (κ3) is 2.62. The second-order valence-electron chi connectivity index (χ2n) is 9.84. The van der Waals surface area contributed by atoms with Crippen molar-refractivity contribution in [2.45, 2.75) is 0 Å². The highest BCUT2D eigenvalue weighted by Crippen LogP contribution is 2.40. The van der Waals surface area contributed by atoms with Crippen LogP contribution in [-0.2, 0) is 0 Å². The van der Waals surface area contributed by atoms with E-state index in [1.54, 1.807) is 0 Å². The van der Waals surface area contributed by atoms with Gasteiger partial charge in [0.25, 0.3) is 0 Å². The van der Waals surface area contributed by atoms with Gasteiger partial charge in [-0.25, -0.2) is 0 Å². The van der Waals surface area contributed by atoms with Gasteiger partial charge in [0, 0.05) is 16.5 Å². The molecule has 0 atom stereocenters. The molecule has 1 heterocycles. The third-order valence-electron chi connectivity index (χ3n) is 7.88. The molecule has 2 heteroatoms. The number of benzene rings is 7. The number of nitrogens with zero attached hydrogens (tertiary/aromatic N) is 1.